The van der Waals surface area contributed by atoms with Gasteiger partial charge in [-0.2, -0.15) is 0 Å². The van der Waals surface area contributed by atoms with Crippen LogP contribution in [0.2, 0.25) is 0 Å². The zero-order valence-corrected chi connectivity index (χ0v) is 13.9. The van der Waals surface area contributed by atoms with Crippen molar-refractivity contribution < 1.29 is 9.59 Å². The minimum absolute atomic E-state index is 0.0228. The summed E-state index contributed by atoms with van der Waals surface area (Å²) >= 11 is 0. The second kappa shape index (κ2) is 6.46. The van der Waals surface area contributed by atoms with Crippen molar-refractivity contribution in [1.29, 1.82) is 0 Å². The smallest absolute Gasteiger partial charge is 0.271 e. The zero-order valence-electron chi connectivity index (χ0n) is 13.9. The van der Waals surface area contributed by atoms with Crippen LogP contribution < -0.4 is 11.1 Å². The number of nitrogens with zero attached hydrogens (tertiary/aromatic N) is 3. The highest BCUT2D eigenvalue weighted by Gasteiger charge is 2.30. The molecule has 1 saturated heterocycles. The number of fused-ring (bicyclic) bond motifs is 1. The molecule has 8 nitrogen and oxygen atoms in total. The number of H-pyrrole nitrogens is 1. The summed E-state index contributed by atoms with van der Waals surface area (Å²) in [7, 11) is 0. The monoisotopic (exact) mass is 330 g/mol. The summed E-state index contributed by atoms with van der Waals surface area (Å²) in [6.07, 6.45) is 3.14. The first kappa shape index (κ1) is 16.2. The minimum Gasteiger partial charge on any atom is -0.378 e. The van der Waals surface area contributed by atoms with Gasteiger partial charge in [0.2, 0.25) is 5.91 Å². The van der Waals surface area contributed by atoms with E-state index < -0.39 is 5.91 Å². The molecule has 0 aromatic carbocycles. The van der Waals surface area contributed by atoms with E-state index >= 15 is 0 Å². The Morgan fingerprint density at radius 2 is 2.25 bits per heavy atom. The van der Waals surface area contributed by atoms with Gasteiger partial charge in [0.05, 0.1) is 5.69 Å². The Labute approximate surface area is 139 Å². The number of piperidine rings is 1. The van der Waals surface area contributed by atoms with Crippen molar-refractivity contribution in [2.24, 2.45) is 11.7 Å². The van der Waals surface area contributed by atoms with Gasteiger partial charge in [0.1, 0.15) is 0 Å². The largest absolute Gasteiger partial charge is 0.378 e. The molecule has 2 amide bonds. The van der Waals surface area contributed by atoms with Crippen LogP contribution in [0.1, 0.15) is 37.2 Å². The molecule has 8 heteroatoms. The van der Waals surface area contributed by atoms with Crippen LogP contribution in [0.3, 0.4) is 0 Å². The molecule has 0 saturated carbocycles. The maximum atomic E-state index is 12.0. The Kier molecular flexibility index (Phi) is 4.37. The molecule has 0 bridgehead atoms. The fourth-order valence-electron chi connectivity index (χ4n) is 3.13. The lowest BCUT2D eigenvalue weighted by Gasteiger charge is -2.38. The quantitative estimate of drug-likeness (QED) is 0.776. The lowest BCUT2D eigenvalue weighted by Crippen LogP contribution is -2.49. The normalized spacial score (nSPS) is 21.0. The molecular formula is C16H22N6O2. The average molecular weight is 330 g/mol. The van der Waals surface area contributed by atoms with Crippen molar-refractivity contribution in [3.05, 3.63) is 18.0 Å². The molecule has 1 aliphatic heterocycles. The summed E-state index contributed by atoms with van der Waals surface area (Å²) in [5.41, 5.74) is 6.74. The van der Waals surface area contributed by atoms with Crippen LogP contribution >= 0.6 is 0 Å². The molecule has 24 heavy (non-hydrogen) atoms. The number of carbonyl (C=O) groups is 2. The predicted molar refractivity (Wildman–Crippen MR) is 90.5 cm³/mol. The number of aromatic nitrogens is 3. The third-order valence-electron chi connectivity index (χ3n) is 4.66. The van der Waals surface area contributed by atoms with E-state index in [1.165, 1.54) is 0 Å². The number of nitrogens with one attached hydrogen (secondary N) is 2. The number of amides is 2. The first-order valence-corrected chi connectivity index (χ1v) is 8.19. The number of rotatable bonds is 4. The topological polar surface area (TPSA) is 117 Å². The van der Waals surface area contributed by atoms with E-state index in [4.69, 9.17) is 5.73 Å². The first-order chi connectivity index (χ1) is 11.5. The maximum Gasteiger partial charge on any atom is 0.271 e. The van der Waals surface area contributed by atoms with Gasteiger partial charge in [-0.15, -0.1) is 10.2 Å². The molecule has 1 fully saturated rings. The van der Waals surface area contributed by atoms with Gasteiger partial charge in [0, 0.05) is 37.1 Å². The van der Waals surface area contributed by atoms with Crippen LogP contribution in [0.4, 0.5) is 5.69 Å². The number of aromatic amines is 1. The number of hydrogen-bond donors (Lipinski definition) is 3. The SMILES string of the molecule is CCC(=O)N1CCC(C)C(Nc2c(C(N)=O)nnc3[nH]ccc23)C1. The Bertz CT molecular complexity index is 771. The van der Waals surface area contributed by atoms with E-state index in [9.17, 15) is 9.59 Å². The van der Waals surface area contributed by atoms with E-state index in [-0.39, 0.29) is 17.6 Å². The molecule has 4 N–H and O–H groups in total. The number of carbonyl (C=O) groups excluding carboxylic acids is 2. The Hall–Kier alpha value is -2.64. The molecule has 1 aliphatic rings. The van der Waals surface area contributed by atoms with Crippen LogP contribution in [0.5, 0.6) is 0 Å². The highest BCUT2D eigenvalue weighted by molar-refractivity contribution is 6.04. The van der Waals surface area contributed by atoms with Gasteiger partial charge in [-0.1, -0.05) is 13.8 Å². The summed E-state index contributed by atoms with van der Waals surface area (Å²) < 4.78 is 0. The van der Waals surface area contributed by atoms with Gasteiger partial charge < -0.3 is 20.9 Å². The summed E-state index contributed by atoms with van der Waals surface area (Å²) in [5.74, 6) is -0.129. The van der Waals surface area contributed by atoms with Crippen LogP contribution in [-0.4, -0.2) is 51.0 Å². The molecule has 2 unspecified atom stereocenters. The number of nitrogens with two attached hydrogens (primary N) is 1. The van der Waals surface area contributed by atoms with E-state index in [2.05, 4.69) is 27.4 Å². The van der Waals surface area contributed by atoms with E-state index in [0.29, 0.717) is 30.2 Å². The molecular weight excluding hydrogens is 308 g/mol. The standard InChI is InChI=1S/C16H22N6O2/c1-3-12(23)22-7-5-9(2)11(8-22)19-13-10-4-6-18-16(10)21-20-14(13)15(17)24/h4,6,9,11H,3,5,7-8H2,1-2H3,(H2,17,24)(H2,18,19,21). The summed E-state index contributed by atoms with van der Waals surface area (Å²) in [6.45, 7) is 5.37. The van der Waals surface area contributed by atoms with Gasteiger partial charge in [-0.3, -0.25) is 9.59 Å². The maximum absolute atomic E-state index is 12.0. The first-order valence-electron chi connectivity index (χ1n) is 8.19. The molecule has 128 valence electrons. The molecule has 2 aromatic heterocycles. The molecule has 0 aliphatic carbocycles. The fraction of sp³-hybridized carbons (Fsp3) is 0.500. The Morgan fingerprint density at radius 3 is 2.96 bits per heavy atom. The zero-order chi connectivity index (χ0) is 17.3. The lowest BCUT2D eigenvalue weighted by molar-refractivity contribution is -0.132. The van der Waals surface area contributed by atoms with Crippen molar-refractivity contribution in [3.8, 4) is 0 Å². The Morgan fingerprint density at radius 1 is 1.46 bits per heavy atom. The minimum atomic E-state index is -0.627. The van der Waals surface area contributed by atoms with Crippen molar-refractivity contribution in [2.45, 2.75) is 32.7 Å². The number of primary amides is 1. The van der Waals surface area contributed by atoms with Crippen molar-refractivity contribution in [1.82, 2.24) is 20.1 Å². The second-order valence-electron chi connectivity index (χ2n) is 6.24. The highest BCUT2D eigenvalue weighted by atomic mass is 16.2. The van der Waals surface area contributed by atoms with Gasteiger partial charge in [-0.05, 0) is 18.4 Å². The van der Waals surface area contributed by atoms with Gasteiger partial charge in [-0.25, -0.2) is 0 Å². The third kappa shape index (κ3) is 2.91. The lowest BCUT2D eigenvalue weighted by atomic mass is 9.92. The molecule has 3 heterocycles. The molecule has 2 aromatic rings. The molecule has 0 spiro atoms. The van der Waals surface area contributed by atoms with E-state index in [1.54, 1.807) is 6.20 Å². The van der Waals surface area contributed by atoms with E-state index in [1.807, 2.05) is 17.9 Å². The number of hydrogen-bond acceptors (Lipinski definition) is 5. The van der Waals surface area contributed by atoms with Gasteiger partial charge >= 0.3 is 0 Å². The molecule has 0 radical (unpaired) electrons. The Balaban J connectivity index is 1.93. The summed E-state index contributed by atoms with van der Waals surface area (Å²) in [6, 6.07) is 1.86. The van der Waals surface area contributed by atoms with Crippen molar-refractivity contribution >= 4 is 28.5 Å². The summed E-state index contributed by atoms with van der Waals surface area (Å²) in [5, 5.41) is 12.1. The van der Waals surface area contributed by atoms with Gasteiger partial charge in [0.25, 0.3) is 5.91 Å². The van der Waals surface area contributed by atoms with E-state index in [0.717, 1.165) is 18.4 Å². The van der Waals surface area contributed by atoms with Gasteiger partial charge in [0.15, 0.2) is 11.3 Å². The number of likely N-dealkylation sites (tertiary alicyclic amines) is 1. The van der Waals surface area contributed by atoms with Crippen LogP contribution in [0, 0.1) is 5.92 Å². The third-order valence-corrected chi connectivity index (χ3v) is 4.66. The van der Waals surface area contributed by atoms with Crippen molar-refractivity contribution in [2.75, 3.05) is 18.4 Å². The number of anilines is 1. The van der Waals surface area contributed by atoms with Crippen molar-refractivity contribution in [3.63, 3.8) is 0 Å². The fourth-order valence-corrected chi connectivity index (χ4v) is 3.13. The van der Waals surface area contributed by atoms with Crippen LogP contribution in [-0.2, 0) is 4.79 Å². The second-order valence-corrected chi connectivity index (χ2v) is 6.24. The van der Waals surface area contributed by atoms with Crippen LogP contribution in [0.25, 0.3) is 11.0 Å². The summed E-state index contributed by atoms with van der Waals surface area (Å²) in [4.78, 5) is 28.6. The molecule has 3 rings (SSSR count). The molecule has 2 atom stereocenters. The average Bonchev–Trinajstić information content (AvgIpc) is 3.05. The predicted octanol–water partition coefficient (Wildman–Crippen LogP) is 1.12. The highest BCUT2D eigenvalue weighted by Crippen LogP contribution is 2.28. The van der Waals surface area contributed by atoms with Crippen LogP contribution in [0.15, 0.2) is 12.3 Å².